The van der Waals surface area contributed by atoms with Crippen LogP contribution in [0, 0.1) is 10.1 Å². The quantitative estimate of drug-likeness (QED) is 0.645. The van der Waals surface area contributed by atoms with Crippen LogP contribution in [0.5, 0.6) is 5.75 Å². The van der Waals surface area contributed by atoms with Gasteiger partial charge in [-0.3, -0.25) is 10.1 Å². The molecule has 0 aliphatic carbocycles. The van der Waals surface area contributed by atoms with Crippen molar-refractivity contribution in [3.05, 3.63) is 28.3 Å². The molecule has 1 heterocycles. The molecule has 0 amide bonds. The average molecular weight is 282 g/mol. The second-order valence-electron chi connectivity index (χ2n) is 4.50. The number of aliphatic hydroxyl groups is 1. The van der Waals surface area contributed by atoms with Gasteiger partial charge >= 0.3 is 0 Å². The molecule has 7 nitrogen and oxygen atoms in total. The molecular weight excluding hydrogens is 264 g/mol. The van der Waals surface area contributed by atoms with Gasteiger partial charge in [0.1, 0.15) is 5.75 Å². The Kier molecular flexibility index (Phi) is 4.75. The van der Waals surface area contributed by atoms with Crippen LogP contribution in [-0.4, -0.2) is 49.0 Å². The Labute approximate surface area is 116 Å². The van der Waals surface area contributed by atoms with E-state index in [4.69, 9.17) is 14.6 Å². The van der Waals surface area contributed by atoms with E-state index in [1.54, 1.807) is 6.07 Å². The Morgan fingerprint density at radius 2 is 2.35 bits per heavy atom. The summed E-state index contributed by atoms with van der Waals surface area (Å²) in [5.41, 5.74) is 0.711. The lowest BCUT2D eigenvalue weighted by Crippen LogP contribution is -2.44. The number of ether oxygens (including phenoxy) is 2. The molecule has 20 heavy (non-hydrogen) atoms. The Bertz CT molecular complexity index is 480. The molecular formula is C13H18N2O5. The first kappa shape index (κ1) is 14.5. The molecule has 1 saturated heterocycles. The zero-order chi connectivity index (χ0) is 14.5. The molecule has 0 bridgehead atoms. The minimum atomic E-state index is -0.435. The number of hydrogen-bond donors (Lipinski definition) is 1. The fourth-order valence-corrected chi connectivity index (χ4v) is 2.17. The molecule has 1 unspecified atom stereocenters. The molecule has 2 rings (SSSR count). The zero-order valence-electron chi connectivity index (χ0n) is 11.3. The monoisotopic (exact) mass is 282 g/mol. The summed E-state index contributed by atoms with van der Waals surface area (Å²) in [7, 11) is 0. The molecule has 7 heteroatoms. The van der Waals surface area contributed by atoms with Crippen molar-refractivity contribution in [1.29, 1.82) is 0 Å². The smallest absolute Gasteiger partial charge is 0.275 e. The molecule has 0 radical (unpaired) electrons. The number of morpholine rings is 1. The Balaban J connectivity index is 2.27. The van der Waals surface area contributed by atoms with Gasteiger partial charge in [-0.1, -0.05) is 0 Å². The second-order valence-corrected chi connectivity index (χ2v) is 4.50. The summed E-state index contributed by atoms with van der Waals surface area (Å²) in [4.78, 5) is 12.5. The van der Waals surface area contributed by atoms with E-state index in [0.29, 0.717) is 37.7 Å². The van der Waals surface area contributed by atoms with Gasteiger partial charge in [-0.05, 0) is 6.92 Å². The van der Waals surface area contributed by atoms with Gasteiger partial charge in [0, 0.05) is 30.9 Å². The van der Waals surface area contributed by atoms with Crippen molar-refractivity contribution in [3.63, 3.8) is 0 Å². The molecule has 1 atom stereocenters. The molecule has 0 aromatic heterocycles. The minimum Gasteiger partial charge on any atom is -0.494 e. The van der Waals surface area contributed by atoms with Crippen LogP contribution < -0.4 is 9.64 Å². The maximum Gasteiger partial charge on any atom is 0.275 e. The van der Waals surface area contributed by atoms with Gasteiger partial charge in [0.2, 0.25) is 0 Å². The molecule has 1 aromatic rings. The molecule has 0 saturated carbocycles. The molecule has 1 aliphatic rings. The Morgan fingerprint density at radius 1 is 1.55 bits per heavy atom. The number of non-ortho nitro benzene ring substituents is 1. The highest BCUT2D eigenvalue weighted by molar-refractivity contribution is 5.58. The van der Waals surface area contributed by atoms with Crippen molar-refractivity contribution < 1.29 is 19.5 Å². The lowest BCUT2D eigenvalue weighted by atomic mass is 10.2. The van der Waals surface area contributed by atoms with Crippen LogP contribution in [0.2, 0.25) is 0 Å². The number of nitrogens with zero attached hydrogens (tertiary/aromatic N) is 2. The van der Waals surface area contributed by atoms with Crippen molar-refractivity contribution in [2.45, 2.75) is 13.0 Å². The Hall–Kier alpha value is -1.86. The number of hydrogen-bond acceptors (Lipinski definition) is 6. The van der Waals surface area contributed by atoms with Gasteiger partial charge in [-0.15, -0.1) is 0 Å². The number of benzene rings is 1. The van der Waals surface area contributed by atoms with E-state index in [1.807, 2.05) is 11.8 Å². The van der Waals surface area contributed by atoms with Gasteiger partial charge in [-0.2, -0.15) is 0 Å². The summed E-state index contributed by atoms with van der Waals surface area (Å²) in [6.07, 6.45) is -0.265. The predicted octanol–water partition coefficient (Wildman–Crippen LogP) is 1.19. The van der Waals surface area contributed by atoms with E-state index in [0.717, 1.165) is 0 Å². The topological polar surface area (TPSA) is 85.1 Å². The van der Waals surface area contributed by atoms with E-state index in [-0.39, 0.29) is 18.4 Å². The zero-order valence-corrected chi connectivity index (χ0v) is 11.3. The molecule has 0 spiro atoms. The van der Waals surface area contributed by atoms with Crippen LogP contribution >= 0.6 is 0 Å². The summed E-state index contributed by atoms with van der Waals surface area (Å²) >= 11 is 0. The van der Waals surface area contributed by atoms with Crippen molar-refractivity contribution in [2.24, 2.45) is 0 Å². The molecule has 110 valence electrons. The second kappa shape index (κ2) is 6.53. The van der Waals surface area contributed by atoms with Crippen molar-refractivity contribution in [2.75, 3.05) is 37.8 Å². The van der Waals surface area contributed by atoms with Crippen LogP contribution in [0.1, 0.15) is 6.92 Å². The van der Waals surface area contributed by atoms with Crippen LogP contribution in [0.15, 0.2) is 18.2 Å². The van der Waals surface area contributed by atoms with Crippen molar-refractivity contribution in [1.82, 2.24) is 0 Å². The van der Waals surface area contributed by atoms with E-state index >= 15 is 0 Å². The van der Waals surface area contributed by atoms with E-state index in [2.05, 4.69) is 0 Å². The number of rotatable bonds is 5. The third-order valence-electron chi connectivity index (χ3n) is 3.11. The predicted molar refractivity (Wildman–Crippen MR) is 73.3 cm³/mol. The molecule has 1 aromatic carbocycles. The van der Waals surface area contributed by atoms with Gasteiger partial charge in [0.25, 0.3) is 5.69 Å². The van der Waals surface area contributed by atoms with Crippen LogP contribution in [-0.2, 0) is 4.74 Å². The minimum absolute atomic E-state index is 0.00186. The average Bonchev–Trinajstić information content (AvgIpc) is 2.47. The lowest BCUT2D eigenvalue weighted by molar-refractivity contribution is -0.384. The number of aliphatic hydroxyl groups excluding tert-OH is 1. The van der Waals surface area contributed by atoms with Crippen molar-refractivity contribution >= 4 is 11.4 Å². The summed E-state index contributed by atoms with van der Waals surface area (Å²) in [6, 6.07) is 4.70. The van der Waals surface area contributed by atoms with E-state index < -0.39 is 4.92 Å². The highest BCUT2D eigenvalue weighted by atomic mass is 16.6. The largest absolute Gasteiger partial charge is 0.494 e. The number of nitro benzene ring substituents is 1. The van der Waals surface area contributed by atoms with Crippen LogP contribution in [0.3, 0.4) is 0 Å². The third-order valence-corrected chi connectivity index (χ3v) is 3.11. The first-order valence-corrected chi connectivity index (χ1v) is 6.53. The number of anilines is 1. The summed E-state index contributed by atoms with van der Waals surface area (Å²) < 4.78 is 10.7. The van der Waals surface area contributed by atoms with Crippen LogP contribution in [0.25, 0.3) is 0 Å². The maximum absolute atomic E-state index is 11.0. The standard InChI is InChI=1S/C13H18N2O5/c1-2-19-12-6-10(5-11(7-12)15(17)18)14-3-4-20-13(8-14)9-16/h5-7,13,16H,2-4,8-9H2,1H3. The van der Waals surface area contributed by atoms with Gasteiger partial charge in [-0.25, -0.2) is 0 Å². The fourth-order valence-electron chi connectivity index (χ4n) is 2.17. The Morgan fingerprint density at radius 3 is 3.00 bits per heavy atom. The van der Waals surface area contributed by atoms with Gasteiger partial charge < -0.3 is 19.5 Å². The fraction of sp³-hybridized carbons (Fsp3) is 0.538. The molecule has 1 fully saturated rings. The first-order valence-electron chi connectivity index (χ1n) is 6.53. The first-order chi connectivity index (χ1) is 9.63. The lowest BCUT2D eigenvalue weighted by Gasteiger charge is -2.33. The van der Waals surface area contributed by atoms with Crippen LogP contribution in [0.4, 0.5) is 11.4 Å². The summed E-state index contributed by atoms with van der Waals surface area (Å²) in [5, 5.41) is 20.1. The van der Waals surface area contributed by atoms with Gasteiger partial charge in [0.05, 0.1) is 36.9 Å². The van der Waals surface area contributed by atoms with Crippen molar-refractivity contribution in [3.8, 4) is 5.75 Å². The maximum atomic E-state index is 11.0. The summed E-state index contributed by atoms with van der Waals surface area (Å²) in [6.45, 7) is 3.83. The third kappa shape index (κ3) is 3.37. The SMILES string of the molecule is CCOc1cc(N2CCOC(CO)C2)cc([N+](=O)[O-])c1. The molecule has 1 N–H and O–H groups in total. The highest BCUT2D eigenvalue weighted by Gasteiger charge is 2.22. The van der Waals surface area contributed by atoms with E-state index in [1.165, 1.54) is 12.1 Å². The summed E-state index contributed by atoms with van der Waals surface area (Å²) in [5.74, 6) is 0.476. The number of nitro groups is 1. The highest BCUT2D eigenvalue weighted by Crippen LogP contribution is 2.29. The van der Waals surface area contributed by atoms with Gasteiger partial charge in [0.15, 0.2) is 0 Å². The normalized spacial score (nSPS) is 18.9. The van der Waals surface area contributed by atoms with E-state index in [9.17, 15) is 10.1 Å². The molecule has 1 aliphatic heterocycles.